The lowest BCUT2D eigenvalue weighted by Crippen LogP contribution is -2.71. The Morgan fingerprint density at radius 1 is 1.03 bits per heavy atom. The van der Waals surface area contributed by atoms with E-state index in [1.165, 1.54) is 0 Å². The number of ether oxygens (including phenoxy) is 3. The lowest BCUT2D eigenvalue weighted by Gasteiger charge is -2.51. The molecule has 2 fully saturated rings. The van der Waals surface area contributed by atoms with Gasteiger partial charge < -0.3 is 24.4 Å². The van der Waals surface area contributed by atoms with Gasteiger partial charge in [0.05, 0.1) is 18.2 Å². The van der Waals surface area contributed by atoms with E-state index in [0.717, 1.165) is 0 Å². The van der Waals surface area contributed by atoms with Crippen molar-refractivity contribution in [2.24, 2.45) is 0 Å². The van der Waals surface area contributed by atoms with Crippen molar-refractivity contribution in [2.45, 2.75) is 30.8 Å². The number of amides is 2. The van der Waals surface area contributed by atoms with Crippen LogP contribution in [0.2, 0.25) is 0 Å². The molecule has 32 heavy (non-hydrogen) atoms. The summed E-state index contributed by atoms with van der Waals surface area (Å²) in [5.41, 5.74) is 0.746. The molecule has 2 aromatic rings. The van der Waals surface area contributed by atoms with Crippen LogP contribution in [-0.4, -0.2) is 61.5 Å². The summed E-state index contributed by atoms with van der Waals surface area (Å²) in [4.78, 5) is 26.9. The van der Waals surface area contributed by atoms with Crippen LogP contribution in [0.1, 0.15) is 18.4 Å². The maximum atomic E-state index is 15.8. The average Bonchev–Trinajstić information content (AvgIpc) is 2.79. The zero-order valence-corrected chi connectivity index (χ0v) is 17.6. The number of rotatable bonds is 0. The average molecular weight is 440 g/mol. The molecule has 8 heteroatoms. The van der Waals surface area contributed by atoms with Crippen molar-refractivity contribution < 1.29 is 28.2 Å². The Morgan fingerprint density at radius 2 is 1.84 bits per heavy atom. The van der Waals surface area contributed by atoms with E-state index in [9.17, 15) is 9.59 Å². The standard InChI is InChI=1S/C24H25FN2O5/c25-22-16-5-3-7-18(22)17-6-1-2-8-19(17)31-11-12-32-23(29)27-10-4-9-24(20(27)13-16)15-30-14-21(28)26-24/h1-3,5-8,20H,4,9-15H2,(H,26,28). The van der Waals surface area contributed by atoms with E-state index in [0.29, 0.717) is 41.8 Å². The second-order valence-corrected chi connectivity index (χ2v) is 8.45. The van der Waals surface area contributed by atoms with Crippen molar-refractivity contribution in [2.75, 3.05) is 33.0 Å². The zero-order valence-electron chi connectivity index (χ0n) is 17.6. The van der Waals surface area contributed by atoms with Gasteiger partial charge in [-0.3, -0.25) is 4.79 Å². The second-order valence-electron chi connectivity index (χ2n) is 8.45. The van der Waals surface area contributed by atoms with Gasteiger partial charge in [0, 0.05) is 17.7 Å². The Bertz CT molecular complexity index is 1040. The van der Waals surface area contributed by atoms with E-state index in [1.54, 1.807) is 29.2 Å². The maximum Gasteiger partial charge on any atom is 0.410 e. The Balaban J connectivity index is 1.61. The van der Waals surface area contributed by atoms with Crippen molar-refractivity contribution in [3.8, 4) is 16.9 Å². The number of benzene rings is 2. The number of hydrogen-bond acceptors (Lipinski definition) is 5. The number of nitrogens with one attached hydrogen (secondary N) is 1. The number of nitrogens with zero attached hydrogens (tertiary/aromatic N) is 1. The third kappa shape index (κ3) is 3.68. The highest BCUT2D eigenvalue weighted by Crippen LogP contribution is 2.37. The van der Waals surface area contributed by atoms with Gasteiger partial charge in [0.2, 0.25) is 5.91 Å². The Hall–Kier alpha value is -3.13. The van der Waals surface area contributed by atoms with Gasteiger partial charge in [0.25, 0.3) is 0 Å². The van der Waals surface area contributed by atoms with Gasteiger partial charge in [-0.15, -0.1) is 0 Å². The van der Waals surface area contributed by atoms with E-state index in [1.807, 2.05) is 18.2 Å². The van der Waals surface area contributed by atoms with Crippen LogP contribution >= 0.6 is 0 Å². The summed E-state index contributed by atoms with van der Waals surface area (Å²) in [6.07, 6.45) is 1.04. The molecule has 2 bridgehead atoms. The lowest BCUT2D eigenvalue weighted by atomic mass is 9.77. The molecule has 0 aliphatic carbocycles. The molecule has 3 heterocycles. The van der Waals surface area contributed by atoms with Crippen LogP contribution in [0, 0.1) is 5.82 Å². The fourth-order valence-corrected chi connectivity index (χ4v) is 5.03. The number of halogens is 1. The molecule has 0 saturated carbocycles. The Morgan fingerprint density at radius 3 is 2.72 bits per heavy atom. The molecule has 2 amide bonds. The summed E-state index contributed by atoms with van der Waals surface area (Å²) < 4.78 is 32.7. The molecule has 168 valence electrons. The first-order chi connectivity index (χ1) is 15.6. The number of fused-ring (bicyclic) bond motifs is 6. The second kappa shape index (κ2) is 8.43. The number of cyclic esters (lactones) is 1. The maximum absolute atomic E-state index is 15.8. The number of morpholine rings is 1. The van der Waals surface area contributed by atoms with Crippen molar-refractivity contribution in [1.82, 2.24) is 10.2 Å². The van der Waals surface area contributed by atoms with Gasteiger partial charge in [0.1, 0.15) is 31.4 Å². The van der Waals surface area contributed by atoms with Crippen LogP contribution in [0.5, 0.6) is 5.75 Å². The Labute approximate surface area is 185 Å². The summed E-state index contributed by atoms with van der Waals surface area (Å²) in [6.45, 7) is 0.917. The molecule has 3 aliphatic heterocycles. The molecule has 2 unspecified atom stereocenters. The van der Waals surface area contributed by atoms with Crippen LogP contribution in [0.4, 0.5) is 9.18 Å². The highest BCUT2D eigenvalue weighted by molar-refractivity contribution is 5.79. The lowest BCUT2D eigenvalue weighted by molar-refractivity contribution is -0.140. The van der Waals surface area contributed by atoms with Crippen molar-refractivity contribution in [1.29, 1.82) is 0 Å². The van der Waals surface area contributed by atoms with Crippen LogP contribution < -0.4 is 10.1 Å². The van der Waals surface area contributed by atoms with Gasteiger partial charge in [-0.25, -0.2) is 9.18 Å². The van der Waals surface area contributed by atoms with Gasteiger partial charge in [-0.1, -0.05) is 36.4 Å². The largest absolute Gasteiger partial charge is 0.489 e. The molecule has 1 spiro atoms. The van der Waals surface area contributed by atoms with E-state index in [-0.39, 0.29) is 44.6 Å². The van der Waals surface area contributed by atoms with Crippen LogP contribution in [-0.2, 0) is 20.7 Å². The van der Waals surface area contributed by atoms with Gasteiger partial charge in [-0.05, 0) is 30.9 Å². The topological polar surface area (TPSA) is 77.1 Å². The molecule has 0 aromatic heterocycles. The minimum atomic E-state index is -0.788. The predicted octanol–water partition coefficient (Wildman–Crippen LogP) is 2.91. The zero-order chi connectivity index (χ0) is 22.1. The van der Waals surface area contributed by atoms with Crippen molar-refractivity contribution >= 4 is 12.0 Å². The van der Waals surface area contributed by atoms with Gasteiger partial charge >= 0.3 is 6.09 Å². The highest BCUT2D eigenvalue weighted by atomic mass is 19.1. The highest BCUT2D eigenvalue weighted by Gasteiger charge is 2.50. The number of piperidine rings is 1. The first-order valence-electron chi connectivity index (χ1n) is 10.9. The van der Waals surface area contributed by atoms with Crippen LogP contribution in [0.25, 0.3) is 11.1 Å². The number of carbonyl (C=O) groups is 2. The smallest absolute Gasteiger partial charge is 0.410 e. The van der Waals surface area contributed by atoms with Gasteiger partial charge in [0.15, 0.2) is 0 Å². The molecular weight excluding hydrogens is 415 g/mol. The van der Waals surface area contributed by atoms with Gasteiger partial charge in [-0.2, -0.15) is 0 Å². The SMILES string of the molecule is O=C1COCC2(CCCN3C(=O)OCCOc4ccccc4-c4cccc(c4F)CC32)N1. The van der Waals surface area contributed by atoms with E-state index in [4.69, 9.17) is 14.2 Å². The summed E-state index contributed by atoms with van der Waals surface area (Å²) >= 11 is 0. The fraction of sp³-hybridized carbons (Fsp3) is 0.417. The molecule has 3 aliphatic rings. The molecule has 1 N–H and O–H groups in total. The molecule has 0 radical (unpaired) electrons. The van der Waals surface area contributed by atoms with Crippen LogP contribution in [0.15, 0.2) is 42.5 Å². The van der Waals surface area contributed by atoms with Crippen molar-refractivity contribution in [3.05, 3.63) is 53.8 Å². The third-order valence-corrected chi connectivity index (χ3v) is 6.49. The fourth-order valence-electron chi connectivity index (χ4n) is 5.03. The first-order valence-corrected chi connectivity index (χ1v) is 10.9. The Kier molecular flexibility index (Phi) is 5.46. The quantitative estimate of drug-likeness (QED) is 0.682. The molecule has 2 saturated heterocycles. The van der Waals surface area contributed by atoms with E-state index >= 15 is 4.39 Å². The summed E-state index contributed by atoms with van der Waals surface area (Å²) in [6, 6.07) is 12.0. The summed E-state index contributed by atoms with van der Waals surface area (Å²) in [7, 11) is 0. The van der Waals surface area contributed by atoms with E-state index < -0.39 is 17.7 Å². The normalized spacial score (nSPS) is 25.8. The predicted molar refractivity (Wildman–Crippen MR) is 114 cm³/mol. The molecule has 7 nitrogen and oxygen atoms in total. The summed E-state index contributed by atoms with van der Waals surface area (Å²) in [5, 5.41) is 3.06. The summed E-state index contributed by atoms with van der Waals surface area (Å²) in [5.74, 6) is -0.0631. The molecule has 5 rings (SSSR count). The molecule has 2 aromatic carbocycles. The molecule has 2 atom stereocenters. The van der Waals surface area contributed by atoms with Crippen LogP contribution in [0.3, 0.4) is 0 Å². The number of carbonyl (C=O) groups excluding carboxylic acids is 2. The first kappa shape index (κ1) is 20.8. The molecular formula is C24H25FN2O5. The minimum Gasteiger partial charge on any atom is -0.489 e. The van der Waals surface area contributed by atoms with Crippen molar-refractivity contribution in [3.63, 3.8) is 0 Å². The number of para-hydroxylation sites is 1. The third-order valence-electron chi connectivity index (χ3n) is 6.49. The number of hydrogen-bond donors (Lipinski definition) is 1. The monoisotopic (exact) mass is 440 g/mol. The minimum absolute atomic E-state index is 0.0170. The van der Waals surface area contributed by atoms with E-state index in [2.05, 4.69) is 5.32 Å².